The highest BCUT2D eigenvalue weighted by atomic mass is 32.2. The zero-order valence-corrected chi connectivity index (χ0v) is 17.8. The average Bonchev–Trinajstić information content (AvgIpc) is 2.79. The number of ether oxygens (including phenoxy) is 1. The number of hydrogen-bond acceptors (Lipinski definition) is 5. The first-order valence-corrected chi connectivity index (χ1v) is 10.9. The molecule has 2 aromatic carbocycles. The lowest BCUT2D eigenvalue weighted by atomic mass is 10.2. The molecule has 0 bridgehead atoms. The summed E-state index contributed by atoms with van der Waals surface area (Å²) in [6.45, 7) is 2.42. The maximum atomic E-state index is 13.8. The van der Waals surface area contributed by atoms with Crippen LogP contribution in [0.4, 0.5) is 18.9 Å². The minimum absolute atomic E-state index is 0.140. The zero-order chi connectivity index (χ0) is 22.8. The Balaban J connectivity index is 1.62. The van der Waals surface area contributed by atoms with Crippen molar-refractivity contribution in [1.29, 1.82) is 0 Å². The topological polar surface area (TPSA) is 79.0 Å². The number of sulfonamides is 1. The van der Waals surface area contributed by atoms with E-state index in [4.69, 9.17) is 4.74 Å². The Labute approximate surface area is 178 Å². The monoisotopic (exact) mass is 457 g/mol. The van der Waals surface area contributed by atoms with Gasteiger partial charge in [0.2, 0.25) is 15.9 Å². The number of amides is 1. The molecule has 1 aliphatic heterocycles. The van der Waals surface area contributed by atoms with Crippen molar-refractivity contribution >= 4 is 21.6 Å². The maximum Gasteiger partial charge on any atom is 0.243 e. The molecule has 0 spiro atoms. The third kappa shape index (κ3) is 4.83. The van der Waals surface area contributed by atoms with E-state index < -0.39 is 45.1 Å². The van der Waals surface area contributed by atoms with E-state index in [2.05, 4.69) is 5.32 Å². The Morgan fingerprint density at radius 1 is 1.00 bits per heavy atom. The number of halogens is 3. The summed E-state index contributed by atoms with van der Waals surface area (Å²) >= 11 is 0. The maximum absolute atomic E-state index is 13.8. The minimum Gasteiger partial charge on any atom is -0.497 e. The summed E-state index contributed by atoms with van der Waals surface area (Å²) in [5.74, 6) is -4.56. The Bertz CT molecular complexity index is 1060. The summed E-state index contributed by atoms with van der Waals surface area (Å²) in [5.41, 5.74) is -0.462. The number of piperazine rings is 1. The molecule has 168 valence electrons. The van der Waals surface area contributed by atoms with Crippen LogP contribution < -0.4 is 10.1 Å². The number of nitrogens with one attached hydrogen (secondary N) is 1. The number of carbonyl (C=O) groups excluding carboxylic acids is 1. The lowest BCUT2D eigenvalue weighted by Gasteiger charge is -2.36. The van der Waals surface area contributed by atoms with Gasteiger partial charge in [-0.05, 0) is 43.3 Å². The molecule has 0 aromatic heterocycles. The van der Waals surface area contributed by atoms with Crippen molar-refractivity contribution in [2.24, 2.45) is 0 Å². The molecule has 1 unspecified atom stereocenters. The van der Waals surface area contributed by atoms with Crippen LogP contribution in [0.5, 0.6) is 5.75 Å². The molecule has 0 saturated carbocycles. The van der Waals surface area contributed by atoms with E-state index in [1.807, 2.05) is 0 Å². The summed E-state index contributed by atoms with van der Waals surface area (Å²) in [5, 5.41) is 2.25. The lowest BCUT2D eigenvalue weighted by molar-refractivity contribution is -0.121. The normalized spacial score (nSPS) is 16.7. The Morgan fingerprint density at radius 3 is 2.19 bits per heavy atom. The van der Waals surface area contributed by atoms with Crippen LogP contribution in [-0.2, 0) is 14.8 Å². The van der Waals surface area contributed by atoms with Gasteiger partial charge in [-0.3, -0.25) is 9.69 Å². The van der Waals surface area contributed by atoms with E-state index in [1.165, 1.54) is 23.5 Å². The smallest absolute Gasteiger partial charge is 0.243 e. The molecule has 1 heterocycles. The molecule has 1 atom stereocenters. The summed E-state index contributed by atoms with van der Waals surface area (Å²) < 4.78 is 72.2. The Kier molecular flexibility index (Phi) is 6.87. The van der Waals surface area contributed by atoms with E-state index in [1.54, 1.807) is 24.0 Å². The van der Waals surface area contributed by atoms with E-state index in [0.29, 0.717) is 5.75 Å². The van der Waals surface area contributed by atoms with Crippen LogP contribution in [0.15, 0.2) is 41.3 Å². The van der Waals surface area contributed by atoms with Gasteiger partial charge in [0, 0.05) is 26.2 Å². The number of carbonyl (C=O) groups is 1. The van der Waals surface area contributed by atoms with Crippen LogP contribution in [0.25, 0.3) is 0 Å². The Hall–Kier alpha value is -2.63. The summed E-state index contributed by atoms with van der Waals surface area (Å²) in [6, 6.07) is 6.98. The minimum atomic E-state index is -3.70. The molecule has 11 heteroatoms. The molecule has 2 aromatic rings. The molecular weight excluding hydrogens is 435 g/mol. The van der Waals surface area contributed by atoms with Gasteiger partial charge in [-0.15, -0.1) is 0 Å². The van der Waals surface area contributed by atoms with Gasteiger partial charge in [-0.2, -0.15) is 4.31 Å². The predicted molar refractivity (Wildman–Crippen MR) is 108 cm³/mol. The number of hydrogen-bond donors (Lipinski definition) is 1. The largest absolute Gasteiger partial charge is 0.497 e. The highest BCUT2D eigenvalue weighted by molar-refractivity contribution is 7.89. The third-order valence-electron chi connectivity index (χ3n) is 5.19. The molecule has 0 radical (unpaired) electrons. The first-order chi connectivity index (χ1) is 14.6. The van der Waals surface area contributed by atoms with Crippen molar-refractivity contribution in [3.8, 4) is 5.75 Å². The molecular formula is C20H22F3N3O4S. The van der Waals surface area contributed by atoms with Crippen LogP contribution in [0, 0.1) is 17.5 Å². The highest BCUT2D eigenvalue weighted by Gasteiger charge is 2.32. The second-order valence-corrected chi connectivity index (χ2v) is 8.94. The molecule has 31 heavy (non-hydrogen) atoms. The van der Waals surface area contributed by atoms with E-state index in [-0.39, 0.29) is 31.1 Å². The number of benzene rings is 2. The molecule has 3 rings (SSSR count). The van der Waals surface area contributed by atoms with Crippen LogP contribution in [-0.4, -0.2) is 62.9 Å². The fourth-order valence-corrected chi connectivity index (χ4v) is 4.68. The molecule has 1 aliphatic rings. The van der Waals surface area contributed by atoms with Crippen molar-refractivity contribution in [3.63, 3.8) is 0 Å². The number of anilines is 1. The van der Waals surface area contributed by atoms with Crippen LogP contribution in [0.3, 0.4) is 0 Å². The standard InChI is InChI=1S/C20H22F3N3O4S/c1-13(20(27)24-17-8-7-16(21)18(22)19(17)23)25-9-11-26(12-10-25)31(28,29)15-5-3-14(30-2)4-6-15/h3-8,13H,9-12H2,1-2H3,(H,24,27). The van der Waals surface area contributed by atoms with Gasteiger partial charge >= 0.3 is 0 Å². The Morgan fingerprint density at radius 2 is 1.61 bits per heavy atom. The van der Waals surface area contributed by atoms with E-state index in [9.17, 15) is 26.4 Å². The van der Waals surface area contributed by atoms with Gasteiger partial charge in [0.05, 0.1) is 23.7 Å². The molecule has 1 amide bonds. The van der Waals surface area contributed by atoms with Gasteiger partial charge in [-0.1, -0.05) is 0 Å². The van der Waals surface area contributed by atoms with Gasteiger partial charge < -0.3 is 10.1 Å². The second kappa shape index (κ2) is 9.25. The zero-order valence-electron chi connectivity index (χ0n) is 16.9. The number of methoxy groups -OCH3 is 1. The quantitative estimate of drug-likeness (QED) is 0.675. The van der Waals surface area contributed by atoms with Crippen LogP contribution in [0.2, 0.25) is 0 Å². The van der Waals surface area contributed by atoms with Gasteiger partial charge in [0.15, 0.2) is 17.5 Å². The van der Waals surface area contributed by atoms with E-state index in [0.717, 1.165) is 12.1 Å². The first-order valence-electron chi connectivity index (χ1n) is 9.47. The third-order valence-corrected chi connectivity index (χ3v) is 7.10. The number of nitrogens with zero attached hydrogens (tertiary/aromatic N) is 2. The van der Waals surface area contributed by atoms with Gasteiger partial charge in [-0.25, -0.2) is 21.6 Å². The van der Waals surface area contributed by atoms with Crippen LogP contribution >= 0.6 is 0 Å². The van der Waals surface area contributed by atoms with Gasteiger partial charge in [0.1, 0.15) is 5.75 Å². The number of rotatable bonds is 6. The van der Waals surface area contributed by atoms with Crippen molar-refractivity contribution < 1.29 is 31.1 Å². The van der Waals surface area contributed by atoms with Crippen LogP contribution in [0.1, 0.15) is 6.92 Å². The molecule has 0 aliphatic carbocycles. The molecule has 1 N–H and O–H groups in total. The fourth-order valence-electron chi connectivity index (χ4n) is 3.25. The van der Waals surface area contributed by atoms with Crippen molar-refractivity contribution in [3.05, 3.63) is 53.8 Å². The average molecular weight is 457 g/mol. The second-order valence-electron chi connectivity index (χ2n) is 7.00. The fraction of sp³-hybridized carbons (Fsp3) is 0.350. The van der Waals surface area contributed by atoms with Crippen molar-refractivity contribution in [2.45, 2.75) is 17.9 Å². The van der Waals surface area contributed by atoms with Crippen molar-refractivity contribution in [2.75, 3.05) is 38.6 Å². The molecule has 7 nitrogen and oxygen atoms in total. The summed E-state index contributed by atoms with van der Waals surface area (Å²) in [6.07, 6.45) is 0. The van der Waals surface area contributed by atoms with Crippen molar-refractivity contribution in [1.82, 2.24) is 9.21 Å². The predicted octanol–water partition coefficient (Wildman–Crippen LogP) is 2.45. The lowest BCUT2D eigenvalue weighted by Crippen LogP contribution is -2.53. The van der Waals surface area contributed by atoms with Gasteiger partial charge in [0.25, 0.3) is 0 Å². The van der Waals surface area contributed by atoms with E-state index >= 15 is 0 Å². The molecule has 1 saturated heterocycles. The first kappa shape index (κ1) is 23.0. The summed E-state index contributed by atoms with van der Waals surface area (Å²) in [7, 11) is -2.21. The SMILES string of the molecule is COc1ccc(S(=O)(=O)N2CCN(C(C)C(=O)Nc3ccc(F)c(F)c3F)CC2)cc1. The highest BCUT2D eigenvalue weighted by Crippen LogP contribution is 2.22. The summed E-state index contributed by atoms with van der Waals surface area (Å²) in [4.78, 5) is 14.3. The molecule has 1 fully saturated rings.